The van der Waals surface area contributed by atoms with Crippen LogP contribution in [0.4, 0.5) is 8.78 Å². The van der Waals surface area contributed by atoms with Crippen LogP contribution in [0.1, 0.15) is 24.0 Å². The van der Waals surface area contributed by atoms with E-state index in [0.29, 0.717) is 13.0 Å². The summed E-state index contributed by atoms with van der Waals surface area (Å²) in [6.45, 7) is 0.533. The Balaban J connectivity index is 2.83. The number of aryl methyl sites for hydroxylation is 1. The molecule has 0 unspecified atom stereocenters. The van der Waals surface area contributed by atoms with Crippen LogP contribution in [0.3, 0.4) is 0 Å². The molecule has 0 aliphatic rings. The topological polar surface area (TPSA) is 46.2 Å². The molecule has 1 aromatic carbocycles. The number of benzene rings is 1. The smallest absolute Gasteiger partial charge is 0.267 e. The van der Waals surface area contributed by atoms with Gasteiger partial charge in [0.05, 0.1) is 5.56 Å². The molecular weight excluding hydrogens is 188 g/mol. The standard InChI is InChI=1S/C10H13F2NO/c11-10(12)8-6-7(2-1-5-13)3-4-9(8)14/h3-4,6,10,14H,1-2,5,13H2. The van der Waals surface area contributed by atoms with E-state index in [-0.39, 0.29) is 11.3 Å². The summed E-state index contributed by atoms with van der Waals surface area (Å²) in [6.07, 6.45) is -1.21. The van der Waals surface area contributed by atoms with Crippen molar-refractivity contribution in [2.24, 2.45) is 5.73 Å². The number of rotatable bonds is 4. The zero-order chi connectivity index (χ0) is 10.6. The molecule has 0 spiro atoms. The lowest BCUT2D eigenvalue weighted by Crippen LogP contribution is -2.00. The Morgan fingerprint density at radius 3 is 2.64 bits per heavy atom. The van der Waals surface area contributed by atoms with E-state index in [0.717, 1.165) is 12.0 Å². The summed E-state index contributed by atoms with van der Waals surface area (Å²) in [5.74, 6) is -0.350. The normalized spacial score (nSPS) is 10.9. The second-order valence-corrected chi connectivity index (χ2v) is 3.09. The Bertz CT molecular complexity index is 302. The zero-order valence-corrected chi connectivity index (χ0v) is 7.71. The average molecular weight is 201 g/mol. The van der Waals surface area contributed by atoms with Crippen molar-refractivity contribution in [3.8, 4) is 5.75 Å². The Hall–Kier alpha value is -1.16. The quantitative estimate of drug-likeness (QED) is 0.784. The van der Waals surface area contributed by atoms with Crippen LogP contribution in [0.15, 0.2) is 18.2 Å². The van der Waals surface area contributed by atoms with Gasteiger partial charge in [0.15, 0.2) is 0 Å². The van der Waals surface area contributed by atoms with Gasteiger partial charge in [0.1, 0.15) is 5.75 Å². The van der Waals surface area contributed by atoms with Crippen molar-refractivity contribution in [3.63, 3.8) is 0 Å². The number of hydrogen-bond acceptors (Lipinski definition) is 2. The van der Waals surface area contributed by atoms with Gasteiger partial charge >= 0.3 is 0 Å². The maximum Gasteiger partial charge on any atom is 0.267 e. The number of phenolic OH excluding ortho intramolecular Hbond substituents is 1. The van der Waals surface area contributed by atoms with Gasteiger partial charge in [-0.15, -0.1) is 0 Å². The highest BCUT2D eigenvalue weighted by molar-refractivity contribution is 5.37. The summed E-state index contributed by atoms with van der Waals surface area (Å²) in [6, 6.07) is 4.26. The summed E-state index contributed by atoms with van der Waals surface area (Å²) in [5, 5.41) is 9.13. The molecule has 78 valence electrons. The maximum absolute atomic E-state index is 12.3. The summed E-state index contributed by atoms with van der Waals surface area (Å²) in [7, 11) is 0. The SMILES string of the molecule is NCCCc1ccc(O)c(C(F)F)c1. The van der Waals surface area contributed by atoms with Crippen LogP contribution in [-0.2, 0) is 6.42 Å². The highest BCUT2D eigenvalue weighted by atomic mass is 19.3. The average Bonchev–Trinajstić information content (AvgIpc) is 2.16. The molecule has 0 fully saturated rings. The Morgan fingerprint density at radius 2 is 2.07 bits per heavy atom. The fourth-order valence-electron chi connectivity index (χ4n) is 1.24. The lowest BCUT2D eigenvalue weighted by molar-refractivity contribution is 0.147. The monoisotopic (exact) mass is 201 g/mol. The van der Waals surface area contributed by atoms with E-state index in [1.165, 1.54) is 12.1 Å². The van der Waals surface area contributed by atoms with Crippen LogP contribution in [0, 0.1) is 0 Å². The van der Waals surface area contributed by atoms with Gasteiger partial charge in [-0.25, -0.2) is 8.78 Å². The van der Waals surface area contributed by atoms with Gasteiger partial charge in [0.25, 0.3) is 6.43 Å². The molecule has 0 heterocycles. The van der Waals surface area contributed by atoms with Crippen LogP contribution >= 0.6 is 0 Å². The highest BCUT2D eigenvalue weighted by Crippen LogP contribution is 2.28. The van der Waals surface area contributed by atoms with E-state index in [2.05, 4.69) is 0 Å². The van der Waals surface area contributed by atoms with Gasteiger partial charge in [-0.05, 0) is 37.1 Å². The summed E-state index contributed by atoms with van der Waals surface area (Å²) >= 11 is 0. The fraction of sp³-hybridized carbons (Fsp3) is 0.400. The molecule has 4 heteroatoms. The molecule has 0 saturated carbocycles. The summed E-state index contributed by atoms with van der Waals surface area (Å²) in [5.41, 5.74) is 5.78. The van der Waals surface area contributed by atoms with E-state index in [9.17, 15) is 8.78 Å². The van der Waals surface area contributed by atoms with Crippen molar-refractivity contribution in [2.45, 2.75) is 19.3 Å². The molecule has 0 bridgehead atoms. The minimum atomic E-state index is -2.63. The van der Waals surface area contributed by atoms with Gasteiger partial charge in [0.2, 0.25) is 0 Å². The first kappa shape index (κ1) is 10.9. The first-order valence-electron chi connectivity index (χ1n) is 4.45. The molecule has 2 nitrogen and oxygen atoms in total. The number of halogens is 2. The zero-order valence-electron chi connectivity index (χ0n) is 7.71. The van der Waals surface area contributed by atoms with Crippen LogP contribution < -0.4 is 5.73 Å². The number of alkyl halides is 2. The first-order chi connectivity index (χ1) is 6.65. The minimum Gasteiger partial charge on any atom is -0.507 e. The number of hydrogen-bond donors (Lipinski definition) is 2. The van der Waals surface area contributed by atoms with Crippen molar-refractivity contribution in [1.82, 2.24) is 0 Å². The van der Waals surface area contributed by atoms with E-state index < -0.39 is 6.43 Å². The number of aromatic hydroxyl groups is 1. The van der Waals surface area contributed by atoms with Gasteiger partial charge in [-0.1, -0.05) is 6.07 Å². The lowest BCUT2D eigenvalue weighted by Gasteiger charge is -2.06. The second kappa shape index (κ2) is 4.91. The summed E-state index contributed by atoms with van der Waals surface area (Å²) < 4.78 is 24.7. The van der Waals surface area contributed by atoms with Gasteiger partial charge in [0, 0.05) is 0 Å². The van der Waals surface area contributed by atoms with Crippen LogP contribution in [0.5, 0.6) is 5.75 Å². The Labute approximate surface area is 81.4 Å². The Kier molecular flexibility index (Phi) is 3.83. The molecule has 0 aromatic heterocycles. The third-order valence-electron chi connectivity index (χ3n) is 2.00. The molecular formula is C10H13F2NO. The number of nitrogens with two attached hydrogens (primary N) is 1. The van der Waals surface area contributed by atoms with Gasteiger partial charge in [-0.2, -0.15) is 0 Å². The van der Waals surface area contributed by atoms with Gasteiger partial charge in [-0.3, -0.25) is 0 Å². The number of phenols is 1. The van der Waals surface area contributed by atoms with Crippen molar-refractivity contribution in [2.75, 3.05) is 6.54 Å². The largest absolute Gasteiger partial charge is 0.507 e. The molecule has 0 radical (unpaired) electrons. The van der Waals surface area contributed by atoms with Gasteiger partial charge < -0.3 is 10.8 Å². The van der Waals surface area contributed by atoms with E-state index in [4.69, 9.17) is 10.8 Å². The van der Waals surface area contributed by atoms with E-state index >= 15 is 0 Å². The third kappa shape index (κ3) is 2.67. The summed E-state index contributed by atoms with van der Waals surface area (Å²) in [4.78, 5) is 0. The molecule has 0 aliphatic heterocycles. The maximum atomic E-state index is 12.3. The molecule has 0 atom stereocenters. The molecule has 1 rings (SSSR count). The Morgan fingerprint density at radius 1 is 1.36 bits per heavy atom. The molecule has 0 saturated heterocycles. The van der Waals surface area contributed by atoms with E-state index in [1.54, 1.807) is 6.07 Å². The molecule has 3 N–H and O–H groups in total. The van der Waals surface area contributed by atoms with Crippen molar-refractivity contribution >= 4 is 0 Å². The first-order valence-corrected chi connectivity index (χ1v) is 4.45. The van der Waals surface area contributed by atoms with Crippen LogP contribution in [-0.4, -0.2) is 11.7 Å². The lowest BCUT2D eigenvalue weighted by atomic mass is 10.1. The second-order valence-electron chi connectivity index (χ2n) is 3.09. The van der Waals surface area contributed by atoms with E-state index in [1.807, 2.05) is 0 Å². The minimum absolute atomic E-state index is 0.306. The van der Waals surface area contributed by atoms with Crippen molar-refractivity contribution < 1.29 is 13.9 Å². The fourth-order valence-corrected chi connectivity index (χ4v) is 1.24. The van der Waals surface area contributed by atoms with Crippen LogP contribution in [0.2, 0.25) is 0 Å². The predicted molar refractivity (Wildman–Crippen MR) is 50.4 cm³/mol. The molecule has 0 aliphatic carbocycles. The molecule has 0 amide bonds. The molecule has 14 heavy (non-hydrogen) atoms. The predicted octanol–water partition coefficient (Wildman–Crippen LogP) is 2.22. The van der Waals surface area contributed by atoms with Crippen LogP contribution in [0.25, 0.3) is 0 Å². The van der Waals surface area contributed by atoms with Crippen molar-refractivity contribution in [3.05, 3.63) is 29.3 Å². The third-order valence-corrected chi connectivity index (χ3v) is 2.00. The highest BCUT2D eigenvalue weighted by Gasteiger charge is 2.12. The molecule has 1 aromatic rings. The van der Waals surface area contributed by atoms with Crippen molar-refractivity contribution in [1.29, 1.82) is 0 Å².